The van der Waals surface area contributed by atoms with Crippen LogP contribution in [-0.4, -0.2) is 15.7 Å². The standard InChI is InChI=1S/C21H13Cl2FN2O3/c22-14-5-3-13(4-6-14)20-18-16(9-10-17(24)19(18)23)21(27)25(20)11-12-1-7-15(8-2-12)26(28)29/h1-10,20H,11H2. The van der Waals surface area contributed by atoms with Crippen molar-refractivity contribution in [2.24, 2.45) is 0 Å². The zero-order chi connectivity index (χ0) is 20.7. The van der Waals surface area contributed by atoms with Crippen molar-refractivity contribution in [1.82, 2.24) is 4.90 Å². The lowest BCUT2D eigenvalue weighted by atomic mass is 9.97. The zero-order valence-corrected chi connectivity index (χ0v) is 16.3. The Bertz CT molecular complexity index is 1120. The van der Waals surface area contributed by atoms with E-state index in [0.29, 0.717) is 21.7 Å². The lowest BCUT2D eigenvalue weighted by Gasteiger charge is -2.26. The summed E-state index contributed by atoms with van der Waals surface area (Å²) in [4.78, 5) is 25.1. The summed E-state index contributed by atoms with van der Waals surface area (Å²) < 4.78 is 14.2. The van der Waals surface area contributed by atoms with Crippen LogP contribution in [0.4, 0.5) is 10.1 Å². The summed E-state index contributed by atoms with van der Waals surface area (Å²) in [6.07, 6.45) is 0. The van der Waals surface area contributed by atoms with E-state index < -0.39 is 16.8 Å². The van der Waals surface area contributed by atoms with Crippen molar-refractivity contribution in [2.75, 3.05) is 0 Å². The molecule has 1 aliphatic heterocycles. The molecule has 1 aliphatic rings. The van der Waals surface area contributed by atoms with Crippen molar-refractivity contribution in [3.63, 3.8) is 0 Å². The van der Waals surface area contributed by atoms with Crippen molar-refractivity contribution < 1.29 is 14.1 Å². The molecule has 0 saturated heterocycles. The van der Waals surface area contributed by atoms with Crippen LogP contribution in [0.15, 0.2) is 60.7 Å². The van der Waals surface area contributed by atoms with E-state index in [1.54, 1.807) is 41.3 Å². The molecular weight excluding hydrogens is 418 g/mol. The molecule has 8 heteroatoms. The molecule has 1 heterocycles. The first-order valence-electron chi connectivity index (χ1n) is 8.64. The molecule has 0 aliphatic carbocycles. The molecule has 0 saturated carbocycles. The normalized spacial score (nSPS) is 15.5. The van der Waals surface area contributed by atoms with Gasteiger partial charge in [-0.05, 0) is 35.4 Å². The van der Waals surface area contributed by atoms with Crippen LogP contribution in [0.2, 0.25) is 10.0 Å². The van der Waals surface area contributed by atoms with Gasteiger partial charge < -0.3 is 4.90 Å². The van der Waals surface area contributed by atoms with Gasteiger partial charge in [-0.25, -0.2) is 4.39 Å². The highest BCUT2D eigenvalue weighted by Crippen LogP contribution is 2.44. The second-order valence-corrected chi connectivity index (χ2v) is 7.45. The Balaban J connectivity index is 1.79. The summed E-state index contributed by atoms with van der Waals surface area (Å²) in [5.41, 5.74) is 2.13. The number of fused-ring (bicyclic) bond motifs is 1. The highest BCUT2D eigenvalue weighted by Gasteiger charge is 2.40. The minimum Gasteiger partial charge on any atom is -0.323 e. The van der Waals surface area contributed by atoms with Crippen molar-refractivity contribution in [3.05, 3.63) is 109 Å². The van der Waals surface area contributed by atoms with Gasteiger partial charge in [0.2, 0.25) is 0 Å². The second-order valence-electron chi connectivity index (χ2n) is 6.63. The first kappa shape index (κ1) is 19.4. The average Bonchev–Trinajstić information content (AvgIpc) is 2.98. The summed E-state index contributed by atoms with van der Waals surface area (Å²) in [7, 11) is 0. The minimum atomic E-state index is -0.604. The number of rotatable bonds is 4. The fraction of sp³-hybridized carbons (Fsp3) is 0.0952. The summed E-state index contributed by atoms with van der Waals surface area (Å²) in [5.74, 6) is -0.894. The number of nitrogens with zero attached hydrogens (tertiary/aromatic N) is 2. The van der Waals surface area contributed by atoms with Gasteiger partial charge in [0.15, 0.2) is 0 Å². The van der Waals surface area contributed by atoms with Gasteiger partial charge in [0.05, 0.1) is 16.0 Å². The molecule has 5 nitrogen and oxygen atoms in total. The number of carbonyl (C=O) groups excluding carboxylic acids is 1. The maximum absolute atomic E-state index is 14.2. The third-order valence-electron chi connectivity index (χ3n) is 4.89. The smallest absolute Gasteiger partial charge is 0.269 e. The van der Waals surface area contributed by atoms with Crippen LogP contribution in [0.5, 0.6) is 0 Å². The number of amides is 1. The van der Waals surface area contributed by atoms with Gasteiger partial charge in [0.25, 0.3) is 11.6 Å². The monoisotopic (exact) mass is 430 g/mol. The lowest BCUT2D eigenvalue weighted by Crippen LogP contribution is -2.28. The van der Waals surface area contributed by atoms with Crippen LogP contribution in [0, 0.1) is 15.9 Å². The van der Waals surface area contributed by atoms with Crippen LogP contribution in [0.3, 0.4) is 0 Å². The van der Waals surface area contributed by atoms with Gasteiger partial charge in [-0.2, -0.15) is 0 Å². The van der Waals surface area contributed by atoms with Crippen molar-refractivity contribution in [3.8, 4) is 0 Å². The summed E-state index contributed by atoms with van der Waals surface area (Å²) in [6, 6.07) is 14.9. The number of carbonyl (C=O) groups is 1. The topological polar surface area (TPSA) is 63.5 Å². The highest BCUT2D eigenvalue weighted by atomic mass is 35.5. The SMILES string of the molecule is O=C1c2ccc(F)c(Cl)c2C(c2ccc(Cl)cc2)N1Cc1ccc([N+](=O)[O-])cc1. The predicted octanol–water partition coefficient (Wildman–Crippen LogP) is 5.79. The molecule has 4 rings (SSSR count). The summed E-state index contributed by atoms with van der Waals surface area (Å²) >= 11 is 12.2. The minimum absolute atomic E-state index is 0.0378. The molecule has 0 N–H and O–H groups in total. The zero-order valence-electron chi connectivity index (χ0n) is 14.8. The van der Waals surface area contributed by atoms with Gasteiger partial charge in [0.1, 0.15) is 5.82 Å². The molecule has 0 radical (unpaired) electrons. The molecule has 0 bridgehead atoms. The maximum Gasteiger partial charge on any atom is 0.269 e. The van der Waals surface area contributed by atoms with Crippen LogP contribution < -0.4 is 0 Å². The van der Waals surface area contributed by atoms with Crippen molar-refractivity contribution >= 4 is 34.8 Å². The van der Waals surface area contributed by atoms with E-state index in [9.17, 15) is 19.3 Å². The Morgan fingerprint density at radius 1 is 1.00 bits per heavy atom. The summed E-state index contributed by atoms with van der Waals surface area (Å²) in [6.45, 7) is 0.177. The van der Waals surface area contributed by atoms with E-state index in [2.05, 4.69) is 0 Å². The molecule has 1 unspecified atom stereocenters. The van der Waals surface area contributed by atoms with E-state index in [4.69, 9.17) is 23.2 Å². The quantitative estimate of drug-likeness (QED) is 0.388. The van der Waals surface area contributed by atoms with Gasteiger partial charge in [-0.3, -0.25) is 14.9 Å². The van der Waals surface area contributed by atoms with Crippen LogP contribution in [-0.2, 0) is 6.54 Å². The third-order valence-corrected chi connectivity index (χ3v) is 5.53. The van der Waals surface area contributed by atoms with Crippen LogP contribution >= 0.6 is 23.2 Å². The first-order valence-corrected chi connectivity index (χ1v) is 9.40. The van der Waals surface area contributed by atoms with Gasteiger partial charge in [-0.1, -0.05) is 47.5 Å². The first-order chi connectivity index (χ1) is 13.9. The number of nitro benzene ring substituents is 1. The Morgan fingerprint density at radius 2 is 1.66 bits per heavy atom. The molecule has 3 aromatic carbocycles. The van der Waals surface area contributed by atoms with Gasteiger partial charge in [-0.15, -0.1) is 0 Å². The van der Waals surface area contributed by atoms with Crippen LogP contribution in [0.1, 0.15) is 33.1 Å². The van der Waals surface area contributed by atoms with Gasteiger partial charge >= 0.3 is 0 Å². The molecule has 29 heavy (non-hydrogen) atoms. The van der Waals surface area contributed by atoms with Crippen LogP contribution in [0.25, 0.3) is 0 Å². The molecule has 3 aromatic rings. The molecule has 1 atom stereocenters. The Hall–Kier alpha value is -2.96. The van der Waals surface area contributed by atoms with Crippen molar-refractivity contribution in [1.29, 1.82) is 0 Å². The number of non-ortho nitro benzene ring substituents is 1. The van der Waals surface area contributed by atoms with E-state index in [1.807, 2.05) is 0 Å². The average molecular weight is 431 g/mol. The van der Waals surface area contributed by atoms with Crippen molar-refractivity contribution in [2.45, 2.75) is 12.6 Å². The number of hydrogen-bond donors (Lipinski definition) is 0. The fourth-order valence-corrected chi connectivity index (χ4v) is 3.92. The maximum atomic E-state index is 14.2. The van der Waals surface area contributed by atoms with Gasteiger partial charge in [0, 0.05) is 34.8 Å². The molecule has 0 aromatic heterocycles. The second kappa shape index (κ2) is 7.46. The van der Waals surface area contributed by atoms with E-state index in [1.165, 1.54) is 24.3 Å². The molecule has 1 amide bonds. The Morgan fingerprint density at radius 3 is 2.28 bits per heavy atom. The fourth-order valence-electron chi connectivity index (χ4n) is 3.52. The lowest BCUT2D eigenvalue weighted by molar-refractivity contribution is -0.384. The predicted molar refractivity (Wildman–Crippen MR) is 108 cm³/mol. The number of nitro groups is 1. The molecular formula is C21H13Cl2FN2O3. The van der Waals surface area contributed by atoms with E-state index in [0.717, 1.165) is 5.56 Å². The Kier molecular flexibility index (Phi) is 4.98. The number of benzene rings is 3. The number of halogens is 3. The van der Waals surface area contributed by atoms with E-state index in [-0.39, 0.29) is 23.2 Å². The Labute approximate surface area is 175 Å². The molecule has 0 fully saturated rings. The molecule has 0 spiro atoms. The third kappa shape index (κ3) is 3.45. The highest BCUT2D eigenvalue weighted by molar-refractivity contribution is 6.32. The van der Waals surface area contributed by atoms with E-state index >= 15 is 0 Å². The number of hydrogen-bond acceptors (Lipinski definition) is 3. The summed E-state index contributed by atoms with van der Waals surface area (Å²) in [5, 5.41) is 11.3. The molecule has 146 valence electrons. The largest absolute Gasteiger partial charge is 0.323 e.